The number of hydrogen-bond acceptors (Lipinski definition) is 6. The summed E-state index contributed by atoms with van der Waals surface area (Å²) in [4.78, 5) is 29.4. The third-order valence-electron chi connectivity index (χ3n) is 5.77. The van der Waals surface area contributed by atoms with Crippen molar-refractivity contribution in [3.63, 3.8) is 0 Å². The Morgan fingerprint density at radius 1 is 1.18 bits per heavy atom. The van der Waals surface area contributed by atoms with Crippen LogP contribution in [0.5, 0.6) is 0 Å². The van der Waals surface area contributed by atoms with Gasteiger partial charge in [0.1, 0.15) is 12.2 Å². The fraction of sp³-hybridized carbons (Fsp3) is 0.600. The third-order valence-corrected chi connectivity index (χ3v) is 5.77. The standard InChI is InChI=1S/C20H26N4O4/c1-3-15-6-7-17(28-15)20(26)24-9-4-5-14-12-23(10-8-16(14)24)19(25)11-18-22-21-13(2)27-18/h6-7,14,16H,3-5,8-12H2,1-2H3. The smallest absolute Gasteiger partial charge is 0.289 e. The molecule has 2 aliphatic rings. The molecule has 0 aliphatic carbocycles. The van der Waals surface area contributed by atoms with Crippen LogP contribution in [-0.4, -0.2) is 57.5 Å². The van der Waals surface area contributed by atoms with Gasteiger partial charge in [-0.15, -0.1) is 10.2 Å². The van der Waals surface area contributed by atoms with Gasteiger partial charge in [-0.2, -0.15) is 0 Å². The van der Waals surface area contributed by atoms with Gasteiger partial charge in [-0.05, 0) is 37.3 Å². The summed E-state index contributed by atoms with van der Waals surface area (Å²) in [5.41, 5.74) is 0. The van der Waals surface area contributed by atoms with E-state index in [0.717, 1.165) is 38.0 Å². The summed E-state index contributed by atoms with van der Waals surface area (Å²) in [5.74, 6) is 2.33. The molecule has 0 aromatic carbocycles. The van der Waals surface area contributed by atoms with E-state index in [0.29, 0.717) is 36.5 Å². The molecule has 2 saturated heterocycles. The van der Waals surface area contributed by atoms with E-state index in [-0.39, 0.29) is 24.3 Å². The molecule has 8 nitrogen and oxygen atoms in total. The molecule has 2 aromatic rings. The Labute approximate surface area is 163 Å². The molecule has 0 bridgehead atoms. The zero-order valence-electron chi connectivity index (χ0n) is 16.4. The third kappa shape index (κ3) is 3.68. The molecule has 150 valence electrons. The highest BCUT2D eigenvalue weighted by molar-refractivity contribution is 5.92. The molecule has 2 aliphatic heterocycles. The van der Waals surface area contributed by atoms with Crippen LogP contribution in [0.2, 0.25) is 0 Å². The molecular weight excluding hydrogens is 360 g/mol. The first kappa shape index (κ1) is 18.7. The van der Waals surface area contributed by atoms with Crippen molar-refractivity contribution in [2.24, 2.45) is 5.92 Å². The SMILES string of the molecule is CCc1ccc(C(=O)N2CCCC3CN(C(=O)Cc4nnc(C)o4)CCC32)o1. The average molecular weight is 386 g/mol. The average Bonchev–Trinajstić information content (AvgIpc) is 3.35. The van der Waals surface area contributed by atoms with Crippen LogP contribution in [-0.2, 0) is 17.6 Å². The number of rotatable bonds is 4. The number of aromatic nitrogens is 2. The van der Waals surface area contributed by atoms with Crippen LogP contribution >= 0.6 is 0 Å². The van der Waals surface area contributed by atoms with Gasteiger partial charge in [-0.3, -0.25) is 9.59 Å². The zero-order chi connectivity index (χ0) is 19.7. The summed E-state index contributed by atoms with van der Waals surface area (Å²) in [7, 11) is 0. The van der Waals surface area contributed by atoms with Crippen molar-refractivity contribution in [1.82, 2.24) is 20.0 Å². The van der Waals surface area contributed by atoms with E-state index in [1.807, 2.05) is 22.8 Å². The summed E-state index contributed by atoms with van der Waals surface area (Å²) < 4.78 is 11.0. The maximum atomic E-state index is 13.0. The van der Waals surface area contributed by atoms with E-state index in [2.05, 4.69) is 10.2 Å². The summed E-state index contributed by atoms with van der Waals surface area (Å²) >= 11 is 0. The van der Waals surface area contributed by atoms with Crippen LogP contribution in [0.3, 0.4) is 0 Å². The molecule has 2 aromatic heterocycles. The van der Waals surface area contributed by atoms with Gasteiger partial charge in [-0.25, -0.2) is 0 Å². The highest BCUT2D eigenvalue weighted by atomic mass is 16.4. The van der Waals surface area contributed by atoms with Gasteiger partial charge in [-0.1, -0.05) is 6.92 Å². The van der Waals surface area contributed by atoms with Crippen molar-refractivity contribution in [3.8, 4) is 0 Å². The Hall–Kier alpha value is -2.64. The molecule has 2 unspecified atom stereocenters. The first-order chi connectivity index (χ1) is 13.5. The second-order valence-electron chi connectivity index (χ2n) is 7.61. The second kappa shape index (κ2) is 7.77. The number of aryl methyl sites for hydroxylation is 2. The maximum absolute atomic E-state index is 13.0. The number of carbonyl (C=O) groups is 2. The Bertz CT molecular complexity index is 858. The minimum atomic E-state index is -0.0319. The summed E-state index contributed by atoms with van der Waals surface area (Å²) in [5, 5.41) is 7.69. The lowest BCUT2D eigenvalue weighted by molar-refractivity contribution is -0.134. The number of piperidine rings is 2. The van der Waals surface area contributed by atoms with E-state index >= 15 is 0 Å². The van der Waals surface area contributed by atoms with Crippen molar-refractivity contribution in [2.75, 3.05) is 19.6 Å². The minimum absolute atomic E-state index is 0.00386. The topological polar surface area (TPSA) is 92.7 Å². The first-order valence-electron chi connectivity index (χ1n) is 10.0. The number of fused-ring (bicyclic) bond motifs is 1. The summed E-state index contributed by atoms with van der Waals surface area (Å²) in [6.07, 6.45) is 3.66. The number of carbonyl (C=O) groups excluding carboxylic acids is 2. The molecule has 8 heteroatoms. The minimum Gasteiger partial charge on any atom is -0.456 e. The number of amides is 2. The van der Waals surface area contributed by atoms with Crippen LogP contribution < -0.4 is 0 Å². The van der Waals surface area contributed by atoms with E-state index in [1.165, 1.54) is 0 Å². The van der Waals surface area contributed by atoms with E-state index < -0.39 is 0 Å². The largest absolute Gasteiger partial charge is 0.456 e. The zero-order valence-corrected chi connectivity index (χ0v) is 16.4. The van der Waals surface area contributed by atoms with Crippen LogP contribution in [0.1, 0.15) is 54.3 Å². The van der Waals surface area contributed by atoms with Crippen molar-refractivity contribution in [2.45, 2.75) is 52.0 Å². The highest BCUT2D eigenvalue weighted by Crippen LogP contribution is 2.32. The molecule has 0 radical (unpaired) electrons. The molecule has 0 N–H and O–H groups in total. The molecule has 4 heterocycles. The number of hydrogen-bond donors (Lipinski definition) is 0. The van der Waals surface area contributed by atoms with Gasteiger partial charge < -0.3 is 18.6 Å². The van der Waals surface area contributed by atoms with Gasteiger partial charge in [0.2, 0.25) is 17.7 Å². The monoisotopic (exact) mass is 386 g/mol. The van der Waals surface area contributed by atoms with Crippen molar-refractivity contribution in [1.29, 1.82) is 0 Å². The number of furan rings is 1. The van der Waals surface area contributed by atoms with Crippen molar-refractivity contribution < 1.29 is 18.4 Å². The lowest BCUT2D eigenvalue weighted by atomic mass is 9.83. The second-order valence-corrected chi connectivity index (χ2v) is 7.61. The summed E-state index contributed by atoms with van der Waals surface area (Å²) in [6, 6.07) is 3.80. The van der Waals surface area contributed by atoms with Crippen LogP contribution in [0, 0.1) is 12.8 Å². The Morgan fingerprint density at radius 2 is 2.04 bits per heavy atom. The Morgan fingerprint density at radius 3 is 2.75 bits per heavy atom. The normalized spacial score (nSPS) is 22.2. The molecule has 2 amide bonds. The van der Waals surface area contributed by atoms with Crippen LogP contribution in [0.25, 0.3) is 0 Å². The summed E-state index contributed by atoms with van der Waals surface area (Å²) in [6.45, 7) is 5.76. The lowest BCUT2D eigenvalue weighted by Crippen LogP contribution is -2.56. The van der Waals surface area contributed by atoms with Gasteiger partial charge in [0.05, 0.1) is 0 Å². The van der Waals surface area contributed by atoms with E-state index in [4.69, 9.17) is 8.83 Å². The molecule has 0 saturated carbocycles. The predicted molar refractivity (Wildman–Crippen MR) is 99.6 cm³/mol. The van der Waals surface area contributed by atoms with Crippen LogP contribution in [0.15, 0.2) is 21.0 Å². The quantitative estimate of drug-likeness (QED) is 0.800. The van der Waals surface area contributed by atoms with Crippen molar-refractivity contribution >= 4 is 11.8 Å². The van der Waals surface area contributed by atoms with Gasteiger partial charge in [0.15, 0.2) is 5.76 Å². The fourth-order valence-corrected chi connectivity index (χ4v) is 4.36. The maximum Gasteiger partial charge on any atom is 0.289 e. The lowest BCUT2D eigenvalue weighted by Gasteiger charge is -2.47. The van der Waals surface area contributed by atoms with Gasteiger partial charge >= 0.3 is 0 Å². The van der Waals surface area contributed by atoms with Crippen molar-refractivity contribution in [3.05, 3.63) is 35.4 Å². The predicted octanol–water partition coefficient (Wildman–Crippen LogP) is 2.23. The Balaban J connectivity index is 1.40. The molecular formula is C20H26N4O4. The first-order valence-corrected chi connectivity index (χ1v) is 10.0. The van der Waals surface area contributed by atoms with E-state index in [9.17, 15) is 9.59 Å². The molecule has 0 spiro atoms. The van der Waals surface area contributed by atoms with Crippen LogP contribution in [0.4, 0.5) is 0 Å². The molecule has 2 fully saturated rings. The molecule has 28 heavy (non-hydrogen) atoms. The number of likely N-dealkylation sites (tertiary alicyclic amines) is 2. The fourth-order valence-electron chi connectivity index (χ4n) is 4.36. The molecule has 4 rings (SSSR count). The highest BCUT2D eigenvalue weighted by Gasteiger charge is 2.40. The van der Waals surface area contributed by atoms with Gasteiger partial charge in [0.25, 0.3) is 5.91 Å². The molecule has 2 atom stereocenters. The number of nitrogens with zero attached hydrogens (tertiary/aromatic N) is 4. The van der Waals surface area contributed by atoms with E-state index in [1.54, 1.807) is 13.0 Å². The Kier molecular flexibility index (Phi) is 5.19. The van der Waals surface area contributed by atoms with Gasteiger partial charge in [0, 0.05) is 39.0 Å².